The Morgan fingerprint density at radius 1 is 1.30 bits per heavy atom. The average molecular weight is 288 g/mol. The van der Waals surface area contributed by atoms with Crippen LogP contribution in [0.1, 0.15) is 35.4 Å². The molecule has 2 aromatic rings. The first-order chi connectivity index (χ1) is 9.61. The fourth-order valence-corrected chi connectivity index (χ4v) is 2.96. The number of rotatable bonds is 5. The highest BCUT2D eigenvalue weighted by molar-refractivity contribution is 7.99. The zero-order valence-corrected chi connectivity index (χ0v) is 13.0. The molecule has 1 aromatic heterocycles. The van der Waals surface area contributed by atoms with Gasteiger partial charge in [0, 0.05) is 17.5 Å². The van der Waals surface area contributed by atoms with Gasteiger partial charge in [-0.1, -0.05) is 12.1 Å². The monoisotopic (exact) mass is 288 g/mol. The molecular weight excluding hydrogens is 268 g/mol. The summed E-state index contributed by atoms with van der Waals surface area (Å²) in [5, 5.41) is 4.27. The lowest BCUT2D eigenvalue weighted by Crippen LogP contribution is -2.15. The van der Waals surface area contributed by atoms with Crippen molar-refractivity contribution in [1.82, 2.24) is 10.3 Å². The maximum absolute atomic E-state index is 5.63. The van der Waals surface area contributed by atoms with Crippen LogP contribution in [-0.4, -0.2) is 11.0 Å². The predicted octanol–water partition coefficient (Wildman–Crippen LogP) is 4.00. The second-order valence-electron chi connectivity index (χ2n) is 5.48. The van der Waals surface area contributed by atoms with Crippen molar-refractivity contribution in [1.29, 1.82) is 0 Å². The van der Waals surface area contributed by atoms with Gasteiger partial charge in [0.25, 0.3) is 5.22 Å². The van der Waals surface area contributed by atoms with Gasteiger partial charge in [0.05, 0.1) is 5.69 Å². The molecule has 3 nitrogen and oxygen atoms in total. The summed E-state index contributed by atoms with van der Waals surface area (Å²) in [4.78, 5) is 5.63. The minimum absolute atomic E-state index is 0.729. The molecule has 0 spiro atoms. The largest absolute Gasteiger partial charge is 0.436 e. The second kappa shape index (κ2) is 5.62. The first-order valence-corrected chi connectivity index (χ1v) is 7.88. The summed E-state index contributed by atoms with van der Waals surface area (Å²) in [5.41, 5.74) is 3.59. The van der Waals surface area contributed by atoms with Gasteiger partial charge in [-0.05, 0) is 62.6 Å². The number of aromatic nitrogens is 1. The van der Waals surface area contributed by atoms with E-state index in [-0.39, 0.29) is 0 Å². The normalized spacial score (nSPS) is 14.8. The van der Waals surface area contributed by atoms with E-state index >= 15 is 0 Å². The van der Waals surface area contributed by atoms with E-state index in [9.17, 15) is 0 Å². The van der Waals surface area contributed by atoms with Crippen LogP contribution in [0.25, 0.3) is 0 Å². The fourth-order valence-electron chi connectivity index (χ4n) is 2.07. The number of oxazole rings is 1. The first-order valence-electron chi connectivity index (χ1n) is 7.06. The molecule has 0 saturated heterocycles. The lowest BCUT2D eigenvalue weighted by molar-refractivity contribution is 0.431. The van der Waals surface area contributed by atoms with E-state index < -0.39 is 0 Å². The van der Waals surface area contributed by atoms with E-state index in [1.807, 2.05) is 13.8 Å². The highest BCUT2D eigenvalue weighted by Crippen LogP contribution is 2.31. The topological polar surface area (TPSA) is 38.1 Å². The molecule has 4 heteroatoms. The Morgan fingerprint density at radius 3 is 2.70 bits per heavy atom. The van der Waals surface area contributed by atoms with E-state index in [2.05, 4.69) is 35.4 Å². The third-order valence-corrected chi connectivity index (χ3v) is 4.64. The Hall–Kier alpha value is -1.26. The molecule has 20 heavy (non-hydrogen) atoms. The van der Waals surface area contributed by atoms with Crippen LogP contribution in [-0.2, 0) is 6.54 Å². The molecular formula is C16H20N2OS. The molecule has 1 saturated carbocycles. The molecule has 1 N–H and O–H groups in total. The van der Waals surface area contributed by atoms with Crippen LogP contribution in [0.4, 0.5) is 0 Å². The summed E-state index contributed by atoms with van der Waals surface area (Å²) in [6.07, 6.45) is 2.66. The molecule has 1 fully saturated rings. The Bertz CT molecular complexity index is 597. The number of nitrogens with zero attached hydrogens (tertiary/aromatic N) is 1. The highest BCUT2D eigenvalue weighted by atomic mass is 32.2. The maximum Gasteiger partial charge on any atom is 0.261 e. The van der Waals surface area contributed by atoms with Crippen LogP contribution >= 0.6 is 11.8 Å². The van der Waals surface area contributed by atoms with E-state index in [1.165, 1.54) is 28.9 Å². The van der Waals surface area contributed by atoms with E-state index in [4.69, 9.17) is 4.42 Å². The van der Waals surface area contributed by atoms with Gasteiger partial charge in [0.15, 0.2) is 0 Å². The summed E-state index contributed by atoms with van der Waals surface area (Å²) in [6, 6.07) is 7.36. The van der Waals surface area contributed by atoms with Crippen molar-refractivity contribution >= 4 is 11.8 Å². The van der Waals surface area contributed by atoms with Gasteiger partial charge < -0.3 is 9.73 Å². The van der Waals surface area contributed by atoms with Crippen LogP contribution in [0.3, 0.4) is 0 Å². The highest BCUT2D eigenvalue weighted by Gasteiger charge is 2.20. The summed E-state index contributed by atoms with van der Waals surface area (Å²) >= 11 is 1.60. The summed E-state index contributed by atoms with van der Waals surface area (Å²) in [6.45, 7) is 7.04. The van der Waals surface area contributed by atoms with Crippen molar-refractivity contribution in [3.05, 3.63) is 40.8 Å². The average Bonchev–Trinajstić information content (AvgIpc) is 3.18. The summed E-state index contributed by atoms with van der Waals surface area (Å²) in [5.74, 6) is 0.899. The minimum Gasteiger partial charge on any atom is -0.436 e. The van der Waals surface area contributed by atoms with Crippen molar-refractivity contribution in [2.75, 3.05) is 0 Å². The molecule has 1 aliphatic carbocycles. The van der Waals surface area contributed by atoms with E-state index in [0.29, 0.717) is 0 Å². The van der Waals surface area contributed by atoms with Crippen LogP contribution in [0.2, 0.25) is 0 Å². The van der Waals surface area contributed by atoms with Gasteiger partial charge in [0.2, 0.25) is 0 Å². The molecule has 0 amide bonds. The van der Waals surface area contributed by atoms with E-state index in [1.54, 1.807) is 11.8 Å². The summed E-state index contributed by atoms with van der Waals surface area (Å²) in [7, 11) is 0. The molecule has 106 valence electrons. The molecule has 3 rings (SSSR count). The smallest absolute Gasteiger partial charge is 0.261 e. The van der Waals surface area contributed by atoms with Crippen LogP contribution in [0.15, 0.2) is 32.7 Å². The number of benzene rings is 1. The predicted molar refractivity (Wildman–Crippen MR) is 81.1 cm³/mol. The molecule has 1 heterocycles. The quantitative estimate of drug-likeness (QED) is 0.902. The SMILES string of the molecule is Cc1cc(CNC2CC2)ccc1Sc1nc(C)c(C)o1. The molecule has 0 bridgehead atoms. The van der Waals surface area contributed by atoms with E-state index in [0.717, 1.165) is 29.3 Å². The third kappa shape index (κ3) is 3.25. The van der Waals surface area contributed by atoms with Crippen molar-refractivity contribution in [2.24, 2.45) is 0 Å². The zero-order valence-electron chi connectivity index (χ0n) is 12.2. The van der Waals surface area contributed by atoms with Gasteiger partial charge in [-0.15, -0.1) is 0 Å². The van der Waals surface area contributed by atoms with Gasteiger partial charge in [0.1, 0.15) is 5.76 Å². The Balaban J connectivity index is 1.69. The molecule has 1 aromatic carbocycles. The standard InChI is InChI=1S/C16H20N2OS/c1-10-8-13(9-17-14-5-6-14)4-7-15(10)20-16-18-11(2)12(3)19-16/h4,7-8,14,17H,5-6,9H2,1-3H3. The maximum atomic E-state index is 5.63. The molecule has 0 atom stereocenters. The van der Waals surface area contributed by atoms with Crippen molar-refractivity contribution < 1.29 is 4.42 Å². The van der Waals surface area contributed by atoms with Gasteiger partial charge in [-0.3, -0.25) is 0 Å². The van der Waals surface area contributed by atoms with Crippen LogP contribution < -0.4 is 5.32 Å². The Kier molecular flexibility index (Phi) is 3.85. The first kappa shape index (κ1) is 13.7. The van der Waals surface area contributed by atoms with Gasteiger partial charge in [-0.2, -0.15) is 0 Å². The van der Waals surface area contributed by atoms with Crippen molar-refractivity contribution in [3.8, 4) is 0 Å². The lowest BCUT2D eigenvalue weighted by atomic mass is 10.1. The van der Waals surface area contributed by atoms with Crippen molar-refractivity contribution in [3.63, 3.8) is 0 Å². The molecule has 0 aliphatic heterocycles. The molecule has 0 unspecified atom stereocenters. The van der Waals surface area contributed by atoms with Crippen LogP contribution in [0.5, 0.6) is 0 Å². The zero-order chi connectivity index (χ0) is 14.1. The second-order valence-corrected chi connectivity index (χ2v) is 6.47. The fraction of sp³-hybridized carbons (Fsp3) is 0.438. The minimum atomic E-state index is 0.729. The lowest BCUT2D eigenvalue weighted by Gasteiger charge is -2.07. The summed E-state index contributed by atoms with van der Waals surface area (Å²) < 4.78 is 5.63. The number of hydrogen-bond acceptors (Lipinski definition) is 4. The third-order valence-electron chi connectivity index (χ3n) is 3.62. The van der Waals surface area contributed by atoms with Crippen molar-refractivity contribution in [2.45, 2.75) is 56.3 Å². The number of nitrogens with one attached hydrogen (secondary N) is 1. The Labute approximate surface area is 124 Å². The number of aryl methyl sites for hydroxylation is 3. The van der Waals surface area contributed by atoms with Gasteiger partial charge in [-0.25, -0.2) is 4.98 Å². The molecule has 1 aliphatic rings. The number of hydrogen-bond donors (Lipinski definition) is 1. The Morgan fingerprint density at radius 2 is 2.10 bits per heavy atom. The molecule has 0 radical (unpaired) electrons. The van der Waals surface area contributed by atoms with Gasteiger partial charge >= 0.3 is 0 Å². The van der Waals surface area contributed by atoms with Crippen LogP contribution in [0, 0.1) is 20.8 Å².